The standard InChI is InChI=1S/C27H38O2/c1-7-29-25(28)16-19(2)10-8-11-20-12-9-13-21-17-23-24(18-22(20)21)27(5,6)15-14-26(23,3)4/h8,10,16-18,20H,7,9,11-15H2,1-6H3. The van der Waals surface area contributed by atoms with E-state index in [4.69, 9.17) is 4.74 Å². The van der Waals surface area contributed by atoms with Gasteiger partial charge in [0.05, 0.1) is 6.61 Å². The van der Waals surface area contributed by atoms with Crippen LogP contribution in [0.4, 0.5) is 0 Å². The molecule has 3 rings (SSSR count). The van der Waals surface area contributed by atoms with E-state index < -0.39 is 0 Å². The molecule has 1 atom stereocenters. The smallest absolute Gasteiger partial charge is 0.330 e. The predicted octanol–water partition coefficient (Wildman–Crippen LogP) is 6.91. The molecule has 0 heterocycles. The number of benzene rings is 1. The lowest BCUT2D eigenvalue weighted by molar-refractivity contribution is -0.137. The van der Waals surface area contributed by atoms with Gasteiger partial charge in [0.1, 0.15) is 0 Å². The molecule has 0 radical (unpaired) electrons. The van der Waals surface area contributed by atoms with Crippen molar-refractivity contribution in [1.82, 2.24) is 0 Å². The van der Waals surface area contributed by atoms with Crippen LogP contribution < -0.4 is 0 Å². The molecule has 2 aliphatic rings. The SMILES string of the molecule is CCOC(=O)C=C(C)C=CCC1CCCc2cc3c(cc21)C(C)(C)CCC3(C)C. The molecule has 2 aliphatic carbocycles. The summed E-state index contributed by atoms with van der Waals surface area (Å²) >= 11 is 0. The first-order chi connectivity index (χ1) is 13.6. The maximum atomic E-state index is 11.6. The number of carbonyl (C=O) groups excluding carboxylic acids is 1. The number of ether oxygens (including phenoxy) is 1. The summed E-state index contributed by atoms with van der Waals surface area (Å²) in [5.74, 6) is 0.325. The maximum Gasteiger partial charge on any atom is 0.330 e. The molecule has 0 aromatic heterocycles. The molecule has 1 aromatic rings. The van der Waals surface area contributed by atoms with Crippen molar-refractivity contribution in [3.63, 3.8) is 0 Å². The van der Waals surface area contributed by atoms with Crippen LogP contribution in [0.3, 0.4) is 0 Å². The van der Waals surface area contributed by atoms with Crippen LogP contribution in [0.1, 0.15) is 102 Å². The zero-order valence-electron chi connectivity index (χ0n) is 19.2. The fourth-order valence-electron chi connectivity index (χ4n) is 5.05. The fourth-order valence-corrected chi connectivity index (χ4v) is 5.05. The van der Waals surface area contributed by atoms with Gasteiger partial charge in [-0.2, -0.15) is 0 Å². The first-order valence-corrected chi connectivity index (χ1v) is 11.3. The normalized spacial score (nSPS) is 22.8. The van der Waals surface area contributed by atoms with Crippen molar-refractivity contribution in [3.05, 3.63) is 58.2 Å². The quantitative estimate of drug-likeness (QED) is 0.308. The van der Waals surface area contributed by atoms with Gasteiger partial charge in [0.25, 0.3) is 0 Å². The highest BCUT2D eigenvalue weighted by molar-refractivity contribution is 5.83. The Morgan fingerprint density at radius 2 is 1.79 bits per heavy atom. The monoisotopic (exact) mass is 394 g/mol. The molecule has 0 saturated heterocycles. The summed E-state index contributed by atoms with van der Waals surface area (Å²) in [6, 6.07) is 5.11. The number of hydrogen-bond donors (Lipinski definition) is 0. The van der Waals surface area contributed by atoms with Gasteiger partial charge in [0, 0.05) is 6.08 Å². The third kappa shape index (κ3) is 4.85. The minimum atomic E-state index is -0.255. The molecule has 1 unspecified atom stereocenters. The van der Waals surface area contributed by atoms with Crippen LogP contribution in [0.5, 0.6) is 0 Å². The van der Waals surface area contributed by atoms with Gasteiger partial charge in [-0.25, -0.2) is 4.79 Å². The van der Waals surface area contributed by atoms with E-state index in [0.29, 0.717) is 12.5 Å². The van der Waals surface area contributed by atoms with Crippen LogP contribution in [-0.2, 0) is 26.8 Å². The largest absolute Gasteiger partial charge is 0.463 e. The fraction of sp³-hybridized carbons (Fsp3) is 0.593. The van der Waals surface area contributed by atoms with Crippen LogP contribution in [0.15, 0.2) is 35.9 Å². The Labute approximate surface area is 177 Å². The van der Waals surface area contributed by atoms with E-state index in [1.807, 2.05) is 13.8 Å². The number of allylic oxidation sites excluding steroid dienone is 3. The Balaban J connectivity index is 1.84. The van der Waals surface area contributed by atoms with Crippen molar-refractivity contribution in [2.75, 3.05) is 6.61 Å². The molecule has 29 heavy (non-hydrogen) atoms. The lowest BCUT2D eigenvalue weighted by atomic mass is 9.61. The molecule has 158 valence electrons. The van der Waals surface area contributed by atoms with Crippen molar-refractivity contribution in [2.24, 2.45) is 0 Å². The number of rotatable bonds is 5. The third-order valence-corrected chi connectivity index (χ3v) is 6.98. The van der Waals surface area contributed by atoms with E-state index in [-0.39, 0.29) is 16.8 Å². The second-order valence-electron chi connectivity index (χ2n) is 10.2. The second-order valence-corrected chi connectivity index (χ2v) is 10.2. The zero-order chi connectivity index (χ0) is 21.2. The molecular formula is C27H38O2. The van der Waals surface area contributed by atoms with Crippen molar-refractivity contribution in [2.45, 2.75) is 96.8 Å². The van der Waals surface area contributed by atoms with Crippen molar-refractivity contribution >= 4 is 5.97 Å². The van der Waals surface area contributed by atoms with Gasteiger partial charge in [-0.3, -0.25) is 0 Å². The van der Waals surface area contributed by atoms with Gasteiger partial charge in [0.15, 0.2) is 0 Å². The summed E-state index contributed by atoms with van der Waals surface area (Å²) in [6.07, 6.45) is 13.2. The molecule has 0 spiro atoms. The summed E-state index contributed by atoms with van der Waals surface area (Å²) in [5, 5.41) is 0. The summed E-state index contributed by atoms with van der Waals surface area (Å²) < 4.78 is 5.00. The highest BCUT2D eigenvalue weighted by Gasteiger charge is 2.38. The Hall–Kier alpha value is -1.83. The number of carbonyl (C=O) groups is 1. The van der Waals surface area contributed by atoms with Crippen molar-refractivity contribution in [3.8, 4) is 0 Å². The van der Waals surface area contributed by atoms with Gasteiger partial charge in [-0.05, 0) is 96.9 Å². The Morgan fingerprint density at radius 1 is 1.14 bits per heavy atom. The molecule has 0 N–H and O–H groups in total. The van der Waals surface area contributed by atoms with Gasteiger partial charge in [-0.15, -0.1) is 0 Å². The molecule has 1 aromatic carbocycles. The van der Waals surface area contributed by atoms with E-state index >= 15 is 0 Å². The van der Waals surface area contributed by atoms with Crippen molar-refractivity contribution in [1.29, 1.82) is 0 Å². The summed E-state index contributed by atoms with van der Waals surface area (Å²) in [6.45, 7) is 13.9. The molecule has 0 bridgehead atoms. The third-order valence-electron chi connectivity index (χ3n) is 6.98. The lowest BCUT2D eigenvalue weighted by Crippen LogP contribution is -2.34. The van der Waals surface area contributed by atoms with E-state index in [2.05, 4.69) is 52.0 Å². The van der Waals surface area contributed by atoms with Gasteiger partial charge in [0.2, 0.25) is 0 Å². The second kappa shape index (κ2) is 8.50. The van der Waals surface area contributed by atoms with Crippen molar-refractivity contribution < 1.29 is 9.53 Å². The Kier molecular flexibility index (Phi) is 6.41. The number of hydrogen-bond acceptors (Lipinski definition) is 2. The number of fused-ring (bicyclic) bond motifs is 2. The first kappa shape index (κ1) is 21.9. The average molecular weight is 395 g/mol. The topological polar surface area (TPSA) is 26.3 Å². The van der Waals surface area contributed by atoms with Crippen LogP contribution >= 0.6 is 0 Å². The van der Waals surface area contributed by atoms with Crippen LogP contribution in [-0.4, -0.2) is 12.6 Å². The predicted molar refractivity (Wildman–Crippen MR) is 122 cm³/mol. The minimum Gasteiger partial charge on any atom is -0.463 e. The zero-order valence-corrected chi connectivity index (χ0v) is 19.2. The van der Waals surface area contributed by atoms with E-state index in [1.165, 1.54) is 32.1 Å². The van der Waals surface area contributed by atoms with Crippen LogP contribution in [0.25, 0.3) is 0 Å². The Morgan fingerprint density at radius 3 is 2.45 bits per heavy atom. The molecular weight excluding hydrogens is 356 g/mol. The van der Waals surface area contributed by atoms with Gasteiger partial charge in [-0.1, -0.05) is 52.0 Å². The number of aryl methyl sites for hydroxylation is 1. The maximum absolute atomic E-state index is 11.6. The van der Waals surface area contributed by atoms with Crippen LogP contribution in [0.2, 0.25) is 0 Å². The molecule has 2 heteroatoms. The number of esters is 1. The van der Waals surface area contributed by atoms with Gasteiger partial charge < -0.3 is 4.74 Å². The first-order valence-electron chi connectivity index (χ1n) is 11.3. The lowest BCUT2D eigenvalue weighted by Gasteiger charge is -2.43. The summed E-state index contributed by atoms with van der Waals surface area (Å²) in [4.78, 5) is 11.6. The highest BCUT2D eigenvalue weighted by atomic mass is 16.5. The highest BCUT2D eigenvalue weighted by Crippen LogP contribution is 2.48. The van der Waals surface area contributed by atoms with Crippen LogP contribution in [0, 0.1) is 0 Å². The molecule has 2 nitrogen and oxygen atoms in total. The molecule has 0 fully saturated rings. The molecule has 0 aliphatic heterocycles. The minimum absolute atomic E-state index is 0.255. The van der Waals surface area contributed by atoms with Gasteiger partial charge >= 0.3 is 5.97 Å². The van der Waals surface area contributed by atoms with E-state index in [9.17, 15) is 4.79 Å². The Bertz CT molecular complexity index is 823. The average Bonchev–Trinajstić information content (AvgIpc) is 2.65. The summed E-state index contributed by atoms with van der Waals surface area (Å²) in [5.41, 5.74) is 7.78. The summed E-state index contributed by atoms with van der Waals surface area (Å²) in [7, 11) is 0. The van der Waals surface area contributed by atoms with E-state index in [1.54, 1.807) is 28.3 Å². The van der Waals surface area contributed by atoms with E-state index in [0.717, 1.165) is 12.0 Å². The molecule has 0 amide bonds. The molecule has 0 saturated carbocycles.